The van der Waals surface area contributed by atoms with Gasteiger partial charge in [0.25, 0.3) is 0 Å². The number of nitrogens with one attached hydrogen (secondary N) is 4. The molecule has 0 radical (unpaired) electrons. The average molecular weight is 795 g/mol. The first-order chi connectivity index (χ1) is 27.1. The molecular formula is C35H46N4O17. The van der Waals surface area contributed by atoms with Crippen LogP contribution in [0.15, 0.2) is 60.7 Å². The van der Waals surface area contributed by atoms with E-state index in [0.717, 1.165) is 0 Å². The van der Waals surface area contributed by atoms with Gasteiger partial charge in [0.2, 0.25) is 0 Å². The summed E-state index contributed by atoms with van der Waals surface area (Å²) in [5.41, 5.74) is 0.759. The molecule has 0 saturated carbocycles. The van der Waals surface area contributed by atoms with Crippen LogP contribution in [0.4, 0.5) is 19.2 Å². The maximum Gasteiger partial charge on any atom is 0.407 e. The molecule has 0 aliphatic rings. The fourth-order valence-corrected chi connectivity index (χ4v) is 3.83. The summed E-state index contributed by atoms with van der Waals surface area (Å²) in [5, 5.41) is 18.6. The molecule has 0 saturated heterocycles. The number of aliphatic carboxylic acids is 1. The third kappa shape index (κ3) is 23.5. The zero-order valence-electron chi connectivity index (χ0n) is 30.4. The van der Waals surface area contributed by atoms with Crippen molar-refractivity contribution in [1.29, 1.82) is 0 Å². The fraction of sp³-hybridized carbons (Fsp3) is 0.457. The van der Waals surface area contributed by atoms with Crippen molar-refractivity contribution in [3.8, 4) is 0 Å². The zero-order chi connectivity index (χ0) is 40.6. The zero-order valence-corrected chi connectivity index (χ0v) is 30.4. The molecule has 0 aliphatic heterocycles. The van der Waals surface area contributed by atoms with Gasteiger partial charge in [-0.1, -0.05) is 36.4 Å². The molecule has 0 fully saturated rings. The summed E-state index contributed by atoms with van der Waals surface area (Å²) in [6, 6.07) is 16.7. The van der Waals surface area contributed by atoms with Gasteiger partial charge in [-0.25, -0.2) is 33.6 Å². The number of hydrogen-bond donors (Lipinski definition) is 5. The number of benzene rings is 2. The van der Waals surface area contributed by atoms with Gasteiger partial charge in [-0.05, 0) is 24.3 Å². The van der Waals surface area contributed by atoms with Gasteiger partial charge in [0.05, 0.1) is 37.6 Å². The maximum absolute atomic E-state index is 12.0. The molecule has 21 nitrogen and oxygen atoms in total. The summed E-state index contributed by atoms with van der Waals surface area (Å²) in [6.07, 6.45) is -4.31. The lowest BCUT2D eigenvalue weighted by molar-refractivity contribution is -0.146. The van der Waals surface area contributed by atoms with Crippen LogP contribution in [0.1, 0.15) is 20.7 Å². The molecule has 0 aliphatic carbocycles. The number of amides is 4. The van der Waals surface area contributed by atoms with Crippen molar-refractivity contribution in [2.24, 2.45) is 0 Å². The Hall–Kier alpha value is -6.19. The summed E-state index contributed by atoms with van der Waals surface area (Å²) in [6.45, 7) is -1.55. The number of hydrogen-bond acceptors (Lipinski definition) is 16. The summed E-state index contributed by atoms with van der Waals surface area (Å²) in [4.78, 5) is 82.0. The predicted molar refractivity (Wildman–Crippen MR) is 190 cm³/mol. The molecule has 4 amide bonds. The van der Waals surface area contributed by atoms with Gasteiger partial charge < -0.3 is 69.0 Å². The van der Waals surface area contributed by atoms with E-state index in [9.17, 15) is 33.6 Å². The molecule has 0 spiro atoms. The van der Waals surface area contributed by atoms with Crippen LogP contribution >= 0.6 is 0 Å². The minimum absolute atomic E-state index is 0.0337. The molecule has 0 unspecified atom stereocenters. The number of ether oxygens (including phenoxy) is 9. The maximum atomic E-state index is 12.0. The summed E-state index contributed by atoms with van der Waals surface area (Å²) >= 11 is 0. The van der Waals surface area contributed by atoms with E-state index in [2.05, 4.69) is 21.3 Å². The summed E-state index contributed by atoms with van der Waals surface area (Å²) in [5.74, 6) is -2.36. The van der Waals surface area contributed by atoms with E-state index < -0.39 is 68.2 Å². The van der Waals surface area contributed by atoms with Crippen molar-refractivity contribution < 1.29 is 81.3 Å². The van der Waals surface area contributed by atoms with Crippen LogP contribution in [0.25, 0.3) is 0 Å². The first kappa shape index (κ1) is 46.0. The average Bonchev–Trinajstić information content (AvgIpc) is 3.20. The first-order valence-corrected chi connectivity index (χ1v) is 17.2. The predicted octanol–water partition coefficient (Wildman–Crippen LogP) is 1.11. The van der Waals surface area contributed by atoms with Crippen molar-refractivity contribution in [2.45, 2.75) is 6.10 Å². The van der Waals surface area contributed by atoms with Crippen LogP contribution in [-0.2, 0) is 47.4 Å². The topological polar surface area (TPSA) is 271 Å². The highest BCUT2D eigenvalue weighted by Crippen LogP contribution is 2.02. The van der Waals surface area contributed by atoms with Crippen molar-refractivity contribution in [2.75, 3.05) is 98.9 Å². The van der Waals surface area contributed by atoms with Crippen molar-refractivity contribution in [3.63, 3.8) is 0 Å². The highest BCUT2D eigenvalue weighted by Gasteiger charge is 2.17. The van der Waals surface area contributed by atoms with Crippen molar-refractivity contribution in [1.82, 2.24) is 21.3 Å². The van der Waals surface area contributed by atoms with Gasteiger partial charge in [-0.3, -0.25) is 0 Å². The largest absolute Gasteiger partial charge is 0.480 e. The SMILES string of the molecule is O=C(O)COC(COC(=O)NCCOCCNC(=O)OCCOC(=O)c1ccccc1)COC(=O)NCCOCCNC(=O)OCCOC(=O)c1ccccc1. The van der Waals surface area contributed by atoms with Crippen LogP contribution in [0.2, 0.25) is 0 Å². The quantitative estimate of drug-likeness (QED) is 0.0481. The van der Waals surface area contributed by atoms with Crippen LogP contribution in [0.3, 0.4) is 0 Å². The van der Waals surface area contributed by atoms with Gasteiger partial charge in [0.1, 0.15) is 52.4 Å². The van der Waals surface area contributed by atoms with Crippen molar-refractivity contribution >= 4 is 42.3 Å². The molecule has 0 bridgehead atoms. The normalized spacial score (nSPS) is 10.4. The van der Waals surface area contributed by atoms with E-state index >= 15 is 0 Å². The minimum atomic E-state index is -1.29. The Bertz CT molecular complexity index is 1380. The minimum Gasteiger partial charge on any atom is -0.480 e. The Kier molecular flexibility index (Phi) is 24.0. The lowest BCUT2D eigenvalue weighted by atomic mass is 10.2. The molecule has 0 aromatic heterocycles. The standard InChI is InChI=1S/C35H46N4O17/c40-29(41)25-54-28(23-55-34(46)38-13-17-48-15-11-36-32(44)52-21-19-50-30(42)26-7-3-1-4-8-26)24-56-35(47)39-14-18-49-16-12-37-33(45)53-22-20-51-31(43)27-9-5-2-6-10-27/h1-10,28H,11-25H2,(H,36,44)(H,37,45)(H,38,46)(H,39,47)(H,40,41). The highest BCUT2D eigenvalue weighted by molar-refractivity contribution is 5.89. The summed E-state index contributed by atoms with van der Waals surface area (Å²) < 4.78 is 45.5. The number of rotatable bonds is 27. The van der Waals surface area contributed by atoms with E-state index in [0.29, 0.717) is 11.1 Å². The molecule has 0 atom stereocenters. The number of carbonyl (C=O) groups is 7. The second kappa shape index (κ2) is 29.2. The lowest BCUT2D eigenvalue weighted by Gasteiger charge is -2.17. The van der Waals surface area contributed by atoms with Crippen LogP contribution in [0.5, 0.6) is 0 Å². The van der Waals surface area contributed by atoms with E-state index in [1.165, 1.54) is 0 Å². The Morgan fingerprint density at radius 1 is 0.464 bits per heavy atom. The Morgan fingerprint density at radius 2 is 0.804 bits per heavy atom. The summed E-state index contributed by atoms with van der Waals surface area (Å²) in [7, 11) is 0. The highest BCUT2D eigenvalue weighted by atomic mass is 16.6. The molecule has 5 N–H and O–H groups in total. The van der Waals surface area contributed by atoms with Gasteiger partial charge >= 0.3 is 42.3 Å². The third-order valence-electron chi connectivity index (χ3n) is 6.42. The molecule has 0 heterocycles. The number of alkyl carbamates (subject to hydrolysis) is 4. The lowest BCUT2D eigenvalue weighted by Crippen LogP contribution is -2.36. The smallest absolute Gasteiger partial charge is 0.407 e. The first-order valence-electron chi connectivity index (χ1n) is 17.2. The Morgan fingerprint density at radius 3 is 1.16 bits per heavy atom. The van der Waals surface area contributed by atoms with Crippen LogP contribution in [-0.4, -0.2) is 152 Å². The Labute approximate surface area is 321 Å². The molecule has 2 rings (SSSR count). The van der Waals surface area contributed by atoms with Crippen LogP contribution < -0.4 is 21.3 Å². The molecular weight excluding hydrogens is 748 g/mol. The number of carbonyl (C=O) groups excluding carboxylic acids is 6. The monoisotopic (exact) mass is 794 g/mol. The van der Waals surface area contributed by atoms with Crippen molar-refractivity contribution in [3.05, 3.63) is 71.8 Å². The van der Waals surface area contributed by atoms with E-state index in [1.807, 2.05) is 0 Å². The second-order valence-electron chi connectivity index (χ2n) is 10.7. The molecule has 2 aromatic rings. The number of esters is 2. The molecule has 21 heteroatoms. The molecule has 56 heavy (non-hydrogen) atoms. The molecule has 2 aromatic carbocycles. The number of carboxylic acids is 1. The van der Waals surface area contributed by atoms with Gasteiger partial charge in [-0.2, -0.15) is 0 Å². The van der Waals surface area contributed by atoms with Crippen LogP contribution in [0, 0.1) is 0 Å². The third-order valence-corrected chi connectivity index (χ3v) is 6.42. The second-order valence-corrected chi connectivity index (χ2v) is 10.7. The number of carboxylic acid groups (broad SMARTS) is 1. The fourth-order valence-electron chi connectivity index (χ4n) is 3.83. The van der Waals surface area contributed by atoms with Gasteiger partial charge in [0.15, 0.2) is 0 Å². The Balaban J connectivity index is 1.44. The van der Waals surface area contributed by atoms with Gasteiger partial charge in [-0.15, -0.1) is 0 Å². The van der Waals surface area contributed by atoms with E-state index in [-0.39, 0.29) is 79.0 Å². The molecule has 308 valence electrons. The van der Waals surface area contributed by atoms with E-state index in [1.54, 1.807) is 60.7 Å². The van der Waals surface area contributed by atoms with Gasteiger partial charge in [0, 0.05) is 26.2 Å². The van der Waals surface area contributed by atoms with E-state index in [4.69, 9.17) is 47.7 Å².